The van der Waals surface area contributed by atoms with E-state index in [2.05, 4.69) is 0 Å². The Bertz CT molecular complexity index is 705. The maximum Gasteiger partial charge on any atom is 0.188 e. The van der Waals surface area contributed by atoms with Crippen molar-refractivity contribution in [2.75, 3.05) is 17.2 Å². The maximum absolute atomic E-state index is 13.6. The van der Waals surface area contributed by atoms with Crippen LogP contribution in [0.25, 0.3) is 0 Å². The van der Waals surface area contributed by atoms with Crippen molar-refractivity contribution in [3.8, 4) is 0 Å². The molecule has 0 amide bonds. The third-order valence-electron chi connectivity index (χ3n) is 2.93. The average molecular weight is 311 g/mol. The van der Waals surface area contributed by atoms with Gasteiger partial charge in [0, 0.05) is 5.69 Å². The van der Waals surface area contributed by atoms with Crippen LogP contribution in [-0.2, 0) is 19.7 Å². The van der Waals surface area contributed by atoms with Gasteiger partial charge in [-0.3, -0.25) is 0 Å². The number of benzene rings is 1. The van der Waals surface area contributed by atoms with Crippen LogP contribution in [0.3, 0.4) is 0 Å². The van der Waals surface area contributed by atoms with Gasteiger partial charge < -0.3 is 5.73 Å². The van der Waals surface area contributed by atoms with Gasteiger partial charge in [0.1, 0.15) is 16.5 Å². The molecule has 0 aromatic heterocycles. The van der Waals surface area contributed by atoms with Crippen LogP contribution in [0, 0.1) is 11.6 Å². The van der Waals surface area contributed by atoms with Crippen LogP contribution in [0.15, 0.2) is 17.0 Å². The van der Waals surface area contributed by atoms with Crippen molar-refractivity contribution in [3.05, 3.63) is 23.8 Å². The number of nitrogen functional groups attached to an aromatic ring is 1. The topological polar surface area (TPSA) is 94.3 Å². The summed E-state index contributed by atoms with van der Waals surface area (Å²) in [6, 6.07) is 1.39. The fourth-order valence-electron chi connectivity index (χ4n) is 2.02. The molecule has 1 fully saturated rings. The summed E-state index contributed by atoms with van der Waals surface area (Å²) < 4.78 is 73.9. The summed E-state index contributed by atoms with van der Waals surface area (Å²) in [5.41, 5.74) is 4.95. The molecule has 106 valence electrons. The summed E-state index contributed by atoms with van der Waals surface area (Å²) in [5, 5.41) is -1.31. The average Bonchev–Trinajstić information content (AvgIpc) is 2.57. The number of hydrogen-bond donors (Lipinski definition) is 1. The molecular formula is C10H11F2NO4S2. The fraction of sp³-hybridized carbons (Fsp3) is 0.400. The summed E-state index contributed by atoms with van der Waals surface area (Å²) in [5.74, 6) is -3.52. The summed E-state index contributed by atoms with van der Waals surface area (Å²) in [6.07, 6.45) is -0.159. The van der Waals surface area contributed by atoms with Crippen molar-refractivity contribution in [3.63, 3.8) is 0 Å². The number of rotatable bonds is 2. The normalized spacial score (nSPS) is 22.5. The molecule has 1 aliphatic heterocycles. The third kappa shape index (κ3) is 2.57. The standard InChI is InChI=1S/C10H11F2NO4S2/c11-8-3-6(13)4-9(12)10(8)19(16,17)7-1-2-18(14,15)5-7/h3-4,7H,1-2,5,13H2. The van der Waals surface area contributed by atoms with Crippen LogP contribution in [-0.4, -0.2) is 33.6 Å². The van der Waals surface area contributed by atoms with Crippen molar-refractivity contribution < 1.29 is 25.6 Å². The molecule has 19 heavy (non-hydrogen) atoms. The van der Waals surface area contributed by atoms with E-state index in [1.54, 1.807) is 0 Å². The molecule has 1 atom stereocenters. The number of hydrogen-bond acceptors (Lipinski definition) is 5. The zero-order valence-corrected chi connectivity index (χ0v) is 11.3. The van der Waals surface area contributed by atoms with E-state index in [0.29, 0.717) is 12.1 Å². The molecule has 1 saturated heterocycles. The number of halogens is 2. The van der Waals surface area contributed by atoms with E-state index in [-0.39, 0.29) is 17.9 Å². The van der Waals surface area contributed by atoms with Gasteiger partial charge in [-0.1, -0.05) is 0 Å². The molecule has 0 radical (unpaired) electrons. The number of anilines is 1. The highest BCUT2D eigenvalue weighted by Gasteiger charge is 2.40. The number of sulfone groups is 2. The number of nitrogens with two attached hydrogens (primary N) is 1. The molecule has 1 aromatic carbocycles. The van der Waals surface area contributed by atoms with E-state index < -0.39 is 47.2 Å². The van der Waals surface area contributed by atoms with E-state index >= 15 is 0 Å². The van der Waals surface area contributed by atoms with E-state index in [4.69, 9.17) is 5.73 Å². The second-order valence-electron chi connectivity index (χ2n) is 4.38. The van der Waals surface area contributed by atoms with Crippen molar-refractivity contribution >= 4 is 25.4 Å². The maximum atomic E-state index is 13.6. The van der Waals surface area contributed by atoms with Gasteiger partial charge in [-0.15, -0.1) is 0 Å². The highest BCUT2D eigenvalue weighted by Crippen LogP contribution is 2.30. The predicted octanol–water partition coefficient (Wildman–Crippen LogP) is 0.508. The Labute approximate surface area is 109 Å². The molecule has 5 nitrogen and oxygen atoms in total. The van der Waals surface area contributed by atoms with Gasteiger partial charge >= 0.3 is 0 Å². The highest BCUT2D eigenvalue weighted by atomic mass is 32.2. The molecule has 0 spiro atoms. The summed E-state index contributed by atoms with van der Waals surface area (Å²) >= 11 is 0. The molecule has 1 unspecified atom stereocenters. The van der Waals surface area contributed by atoms with Crippen molar-refractivity contribution in [2.45, 2.75) is 16.6 Å². The zero-order chi connectivity index (χ0) is 14.4. The lowest BCUT2D eigenvalue weighted by Crippen LogP contribution is -2.24. The summed E-state index contributed by atoms with van der Waals surface area (Å²) in [4.78, 5) is -1.11. The molecule has 9 heteroatoms. The Hall–Kier alpha value is -1.22. The van der Waals surface area contributed by atoms with Gasteiger partial charge in [0.25, 0.3) is 0 Å². The molecule has 1 aromatic rings. The van der Waals surface area contributed by atoms with E-state index in [9.17, 15) is 25.6 Å². The molecule has 2 N–H and O–H groups in total. The largest absolute Gasteiger partial charge is 0.399 e. The first-order valence-electron chi connectivity index (χ1n) is 5.32. The Balaban J connectivity index is 2.53. The van der Waals surface area contributed by atoms with Crippen LogP contribution < -0.4 is 5.73 Å². The smallest absolute Gasteiger partial charge is 0.188 e. The SMILES string of the molecule is Nc1cc(F)c(S(=O)(=O)C2CCS(=O)(=O)C2)c(F)c1. The van der Waals surface area contributed by atoms with Crippen LogP contribution in [0.2, 0.25) is 0 Å². The minimum absolute atomic E-state index is 0.159. The van der Waals surface area contributed by atoms with Crippen LogP contribution in [0.5, 0.6) is 0 Å². The first kappa shape index (κ1) is 14.2. The van der Waals surface area contributed by atoms with Gasteiger partial charge in [-0.25, -0.2) is 25.6 Å². The first-order chi connectivity index (χ1) is 8.63. The van der Waals surface area contributed by atoms with E-state index in [0.717, 1.165) is 0 Å². The van der Waals surface area contributed by atoms with Gasteiger partial charge in [0.2, 0.25) is 0 Å². The van der Waals surface area contributed by atoms with Crippen LogP contribution >= 0.6 is 0 Å². The second kappa shape index (κ2) is 4.41. The second-order valence-corrected chi connectivity index (χ2v) is 8.78. The lowest BCUT2D eigenvalue weighted by molar-refractivity contribution is 0.515. The van der Waals surface area contributed by atoms with Crippen molar-refractivity contribution in [1.82, 2.24) is 0 Å². The molecule has 0 bridgehead atoms. The van der Waals surface area contributed by atoms with Crippen molar-refractivity contribution in [1.29, 1.82) is 0 Å². The molecule has 0 aliphatic carbocycles. The fourth-order valence-corrected chi connectivity index (χ4v) is 6.48. The van der Waals surface area contributed by atoms with Crippen molar-refractivity contribution in [2.24, 2.45) is 0 Å². The molecule has 0 saturated carbocycles. The summed E-state index contributed by atoms with van der Waals surface area (Å²) in [6.45, 7) is 0. The Kier molecular flexibility index (Phi) is 3.29. The zero-order valence-electron chi connectivity index (χ0n) is 9.64. The lowest BCUT2D eigenvalue weighted by atomic mass is 10.3. The predicted molar refractivity (Wildman–Crippen MR) is 65.0 cm³/mol. The molecule has 1 aliphatic rings. The minimum Gasteiger partial charge on any atom is -0.399 e. The van der Waals surface area contributed by atoms with Crippen LogP contribution in [0.4, 0.5) is 14.5 Å². The van der Waals surface area contributed by atoms with Crippen LogP contribution in [0.1, 0.15) is 6.42 Å². The van der Waals surface area contributed by atoms with Gasteiger partial charge in [-0.05, 0) is 18.6 Å². The minimum atomic E-state index is -4.37. The Morgan fingerprint density at radius 2 is 1.74 bits per heavy atom. The summed E-state index contributed by atoms with van der Waals surface area (Å²) in [7, 11) is -7.84. The Morgan fingerprint density at radius 1 is 1.21 bits per heavy atom. The van der Waals surface area contributed by atoms with Gasteiger partial charge in [0.05, 0.1) is 16.8 Å². The molecular weight excluding hydrogens is 300 g/mol. The monoisotopic (exact) mass is 311 g/mol. The first-order valence-corrected chi connectivity index (χ1v) is 8.69. The Morgan fingerprint density at radius 3 is 2.16 bits per heavy atom. The quantitative estimate of drug-likeness (QED) is 0.803. The molecule has 1 heterocycles. The van der Waals surface area contributed by atoms with Gasteiger partial charge in [-0.2, -0.15) is 0 Å². The van der Waals surface area contributed by atoms with E-state index in [1.165, 1.54) is 0 Å². The lowest BCUT2D eigenvalue weighted by Gasteiger charge is -2.12. The van der Waals surface area contributed by atoms with Gasteiger partial charge in [0.15, 0.2) is 19.7 Å². The molecule has 2 rings (SSSR count). The highest BCUT2D eigenvalue weighted by molar-refractivity contribution is 7.96. The third-order valence-corrected chi connectivity index (χ3v) is 7.15. The van der Waals surface area contributed by atoms with E-state index in [1.807, 2.05) is 0 Å².